The average Bonchev–Trinajstić information content (AvgIpc) is 2.58. The number of carbonyl (C=O) groups excluding carboxylic acids is 3. The molecule has 0 radical (unpaired) electrons. The molecular weight excluding hydrogens is 350 g/mol. The van der Waals surface area contributed by atoms with Crippen LogP contribution >= 0.6 is 11.8 Å². The fourth-order valence-corrected chi connectivity index (χ4v) is 3.27. The first-order valence-electron chi connectivity index (χ1n) is 7.47. The highest BCUT2D eigenvalue weighted by Gasteiger charge is 2.30. The van der Waals surface area contributed by atoms with Gasteiger partial charge in [0.15, 0.2) is 6.04 Å². The molecule has 8 nitrogen and oxygen atoms in total. The van der Waals surface area contributed by atoms with Crippen LogP contribution in [0, 0.1) is 6.92 Å². The van der Waals surface area contributed by atoms with E-state index in [1.807, 2.05) is 0 Å². The van der Waals surface area contributed by atoms with Crippen LogP contribution in [0.15, 0.2) is 6.07 Å². The molecule has 1 amide bonds. The Morgan fingerprint density at radius 2 is 2.04 bits per heavy atom. The number of carbonyl (C=O) groups is 3. The third-order valence-electron chi connectivity index (χ3n) is 3.83. The Bertz CT molecular complexity index is 719. The van der Waals surface area contributed by atoms with E-state index in [-0.39, 0.29) is 41.4 Å². The van der Waals surface area contributed by atoms with Crippen molar-refractivity contribution < 1.29 is 34.1 Å². The lowest BCUT2D eigenvalue weighted by Crippen LogP contribution is -2.47. The molecule has 136 valence electrons. The number of phenols is 2. The summed E-state index contributed by atoms with van der Waals surface area (Å²) >= 11 is 0.730. The van der Waals surface area contributed by atoms with Crippen LogP contribution in [-0.4, -0.2) is 52.2 Å². The normalized spacial score (nSPS) is 21.7. The number of esters is 1. The number of phenolic OH excluding ortho intramolecular Hbond substituents is 2. The zero-order valence-corrected chi connectivity index (χ0v) is 14.8. The van der Waals surface area contributed by atoms with E-state index in [0.29, 0.717) is 0 Å². The lowest BCUT2D eigenvalue weighted by atomic mass is 10.0. The van der Waals surface area contributed by atoms with Gasteiger partial charge < -0.3 is 25.0 Å². The summed E-state index contributed by atoms with van der Waals surface area (Å²) in [6.07, 6.45) is 0. The molecule has 1 heterocycles. The molecule has 1 aliphatic heterocycles. The Balaban J connectivity index is 2.46. The fourth-order valence-electron chi connectivity index (χ4n) is 2.38. The van der Waals surface area contributed by atoms with Crippen molar-refractivity contribution in [3.63, 3.8) is 0 Å². The molecule has 0 spiro atoms. The molecule has 0 saturated carbocycles. The second-order valence-corrected chi connectivity index (χ2v) is 6.85. The second kappa shape index (κ2) is 7.75. The van der Waals surface area contributed by atoms with E-state index in [4.69, 9.17) is 4.74 Å². The topological polar surface area (TPSA) is 122 Å². The van der Waals surface area contributed by atoms with Crippen LogP contribution in [0.3, 0.4) is 0 Å². The van der Waals surface area contributed by atoms with Crippen LogP contribution in [-0.2, 0) is 25.7 Å². The largest absolute Gasteiger partial charge is 0.508 e. The molecule has 0 bridgehead atoms. The van der Waals surface area contributed by atoms with Crippen LogP contribution < -0.4 is 5.32 Å². The zero-order valence-electron chi connectivity index (χ0n) is 14.0. The van der Waals surface area contributed by atoms with Gasteiger partial charge in [0.25, 0.3) is 0 Å². The van der Waals surface area contributed by atoms with E-state index in [0.717, 1.165) is 17.8 Å². The molecule has 1 aromatic carbocycles. The van der Waals surface area contributed by atoms with Crippen molar-refractivity contribution in [3.8, 4) is 11.5 Å². The first-order valence-corrected chi connectivity index (χ1v) is 8.35. The van der Waals surface area contributed by atoms with Gasteiger partial charge in [0.05, 0.1) is 25.6 Å². The molecule has 0 saturated heterocycles. The molecule has 2 rings (SSSR count). The molecule has 2 atom stereocenters. The van der Waals surface area contributed by atoms with E-state index in [9.17, 15) is 24.6 Å². The number of amides is 1. The monoisotopic (exact) mass is 369 g/mol. The highest BCUT2D eigenvalue weighted by molar-refractivity contribution is 8.15. The van der Waals surface area contributed by atoms with E-state index in [1.165, 1.54) is 21.0 Å². The van der Waals surface area contributed by atoms with Gasteiger partial charge in [-0.15, -0.1) is 0 Å². The van der Waals surface area contributed by atoms with Crippen molar-refractivity contribution in [1.29, 1.82) is 0 Å². The first-order chi connectivity index (χ1) is 11.8. The predicted octanol–water partition coefficient (Wildman–Crippen LogP) is 0.856. The highest BCUT2D eigenvalue weighted by atomic mass is 32.2. The summed E-state index contributed by atoms with van der Waals surface area (Å²) in [7, 11) is 1.19. The summed E-state index contributed by atoms with van der Waals surface area (Å²) in [5.41, 5.74) is 0.571. The quantitative estimate of drug-likeness (QED) is 0.623. The van der Waals surface area contributed by atoms with Gasteiger partial charge >= 0.3 is 5.97 Å². The van der Waals surface area contributed by atoms with Crippen molar-refractivity contribution >= 4 is 28.8 Å². The number of fused-ring (bicyclic) bond motifs is 1. The van der Waals surface area contributed by atoms with Crippen molar-refractivity contribution in [2.75, 3.05) is 13.7 Å². The molecule has 0 unspecified atom stereocenters. The Morgan fingerprint density at radius 1 is 1.36 bits per heavy atom. The Kier molecular flexibility index (Phi) is 5.91. The van der Waals surface area contributed by atoms with Crippen molar-refractivity contribution in [2.24, 2.45) is 0 Å². The minimum Gasteiger partial charge on any atom is -0.508 e. The molecule has 1 aliphatic rings. The number of hydrogen-bond donors (Lipinski definition) is 3. The van der Waals surface area contributed by atoms with E-state index < -0.39 is 28.3 Å². The molecule has 0 aliphatic carbocycles. The summed E-state index contributed by atoms with van der Waals surface area (Å²) in [5.74, 6) is -1.73. The van der Waals surface area contributed by atoms with Crippen LogP contribution in [0.4, 0.5) is 0 Å². The minimum atomic E-state index is -1.03. The Hall–Kier alpha value is -2.26. The maximum absolute atomic E-state index is 12.6. The number of ether oxygens (including phenoxy) is 2. The Labute approximate surface area is 148 Å². The number of nitrogens with one attached hydrogen (secondary N) is 1. The zero-order chi connectivity index (χ0) is 18.7. The number of rotatable bonds is 1. The maximum Gasteiger partial charge on any atom is 0.330 e. The summed E-state index contributed by atoms with van der Waals surface area (Å²) in [4.78, 5) is 36.6. The standard InChI is InChI=1S/C16H19NO7S/c1-7-11(18)4-12(19)9-5-24-6-10(15(21)23-3)17-14(20)8(2)25-16(22)13(7)9/h4,8,10,18-19H,5-6H2,1-3H3,(H,17,20)/t8-,10-/m1/s1. The van der Waals surface area contributed by atoms with Gasteiger partial charge in [-0.1, -0.05) is 11.8 Å². The molecule has 3 N–H and O–H groups in total. The van der Waals surface area contributed by atoms with Crippen molar-refractivity contribution in [3.05, 3.63) is 22.8 Å². The summed E-state index contributed by atoms with van der Waals surface area (Å²) < 4.78 is 10.0. The van der Waals surface area contributed by atoms with E-state index >= 15 is 0 Å². The predicted molar refractivity (Wildman–Crippen MR) is 89.5 cm³/mol. The van der Waals surface area contributed by atoms with Gasteiger partial charge in [-0.25, -0.2) is 4.79 Å². The number of hydrogen-bond acceptors (Lipinski definition) is 8. The lowest BCUT2D eigenvalue weighted by molar-refractivity contribution is -0.147. The maximum atomic E-state index is 12.6. The molecule has 9 heteroatoms. The van der Waals surface area contributed by atoms with Gasteiger partial charge in [-0.2, -0.15) is 0 Å². The summed E-state index contributed by atoms with van der Waals surface area (Å²) in [6, 6.07) is 0.0947. The average molecular weight is 369 g/mol. The highest BCUT2D eigenvalue weighted by Crippen LogP contribution is 2.35. The molecule has 0 aromatic heterocycles. The van der Waals surface area contributed by atoms with Gasteiger partial charge in [0, 0.05) is 22.8 Å². The third kappa shape index (κ3) is 4.05. The first kappa shape index (κ1) is 19.1. The van der Waals surface area contributed by atoms with Gasteiger partial charge in [0.2, 0.25) is 11.0 Å². The van der Waals surface area contributed by atoms with Crippen LogP contribution in [0.2, 0.25) is 0 Å². The third-order valence-corrected chi connectivity index (χ3v) is 4.82. The van der Waals surface area contributed by atoms with Gasteiger partial charge in [-0.05, 0) is 13.8 Å². The van der Waals surface area contributed by atoms with Crippen molar-refractivity contribution in [1.82, 2.24) is 5.32 Å². The number of methoxy groups -OCH3 is 1. The summed E-state index contributed by atoms with van der Waals surface area (Å²) in [6.45, 7) is 2.69. The molecule has 0 fully saturated rings. The van der Waals surface area contributed by atoms with Crippen LogP contribution in [0.1, 0.15) is 28.4 Å². The second-order valence-electron chi connectivity index (χ2n) is 5.54. The number of thioether (sulfide) groups is 1. The smallest absolute Gasteiger partial charge is 0.330 e. The number of benzene rings is 1. The molecule has 25 heavy (non-hydrogen) atoms. The molecule has 1 aromatic rings. The SMILES string of the molecule is COC(=O)[C@H]1COCc2c(O)cc(O)c(C)c2C(=O)S[C@H](C)C(=O)N1. The summed E-state index contributed by atoms with van der Waals surface area (Å²) in [5, 5.41) is 21.2. The van der Waals surface area contributed by atoms with E-state index in [2.05, 4.69) is 10.1 Å². The van der Waals surface area contributed by atoms with E-state index in [1.54, 1.807) is 0 Å². The number of aromatic hydroxyl groups is 2. The van der Waals surface area contributed by atoms with Gasteiger partial charge in [0.1, 0.15) is 11.5 Å². The van der Waals surface area contributed by atoms with Crippen molar-refractivity contribution in [2.45, 2.75) is 31.7 Å². The Morgan fingerprint density at radius 3 is 2.68 bits per heavy atom. The lowest BCUT2D eigenvalue weighted by Gasteiger charge is -2.17. The van der Waals surface area contributed by atoms with Crippen LogP contribution in [0.25, 0.3) is 0 Å². The fraction of sp³-hybridized carbons (Fsp3) is 0.438. The minimum absolute atomic E-state index is 0.0960. The van der Waals surface area contributed by atoms with Crippen LogP contribution in [0.5, 0.6) is 11.5 Å². The molecular formula is C16H19NO7S. The van der Waals surface area contributed by atoms with Gasteiger partial charge in [-0.3, -0.25) is 9.59 Å².